The summed E-state index contributed by atoms with van der Waals surface area (Å²) >= 11 is 0. The molecule has 1 saturated carbocycles. The third-order valence-corrected chi connectivity index (χ3v) is 5.72. The molecular formula is C23H26O. The lowest BCUT2D eigenvalue weighted by Gasteiger charge is -2.32. The molecular weight excluding hydrogens is 292 g/mol. The molecule has 24 heavy (non-hydrogen) atoms. The van der Waals surface area contributed by atoms with E-state index in [2.05, 4.69) is 55.5 Å². The van der Waals surface area contributed by atoms with Gasteiger partial charge in [0.15, 0.2) is 0 Å². The van der Waals surface area contributed by atoms with Gasteiger partial charge in [-0.05, 0) is 72.3 Å². The zero-order chi connectivity index (χ0) is 16.5. The van der Waals surface area contributed by atoms with E-state index < -0.39 is 0 Å². The Morgan fingerprint density at radius 2 is 1.58 bits per heavy atom. The molecule has 2 aliphatic rings. The first kappa shape index (κ1) is 15.7. The highest BCUT2D eigenvalue weighted by atomic mass is 16.3. The number of aliphatic hydroxyl groups excluding tert-OH is 1. The second-order valence-electron chi connectivity index (χ2n) is 7.42. The van der Waals surface area contributed by atoms with E-state index in [1.165, 1.54) is 33.4 Å². The zero-order valence-corrected chi connectivity index (χ0v) is 14.5. The van der Waals surface area contributed by atoms with E-state index in [9.17, 15) is 5.11 Å². The van der Waals surface area contributed by atoms with Crippen molar-refractivity contribution >= 4 is 6.08 Å². The Labute approximate surface area is 145 Å². The van der Waals surface area contributed by atoms with Crippen molar-refractivity contribution in [2.24, 2.45) is 5.92 Å². The van der Waals surface area contributed by atoms with Crippen molar-refractivity contribution in [2.45, 2.75) is 51.6 Å². The molecule has 0 aromatic heterocycles. The van der Waals surface area contributed by atoms with Crippen molar-refractivity contribution < 1.29 is 5.11 Å². The number of aliphatic hydroxyl groups is 1. The largest absolute Gasteiger partial charge is 0.393 e. The van der Waals surface area contributed by atoms with Crippen LogP contribution in [0.15, 0.2) is 48.0 Å². The molecule has 124 valence electrons. The van der Waals surface area contributed by atoms with Gasteiger partial charge in [0.1, 0.15) is 0 Å². The van der Waals surface area contributed by atoms with Crippen molar-refractivity contribution in [2.75, 3.05) is 0 Å². The number of benzene rings is 2. The summed E-state index contributed by atoms with van der Waals surface area (Å²) in [5, 5.41) is 9.52. The van der Waals surface area contributed by atoms with Crippen molar-refractivity contribution in [3.63, 3.8) is 0 Å². The standard InChI is InChI=1S/C23H26O/c1-2-16-3-5-17(6-4-16)7-8-18-9-10-19-12-21(13-20(19)11-18)22-14-23(24)15-22/h3-6,9-11,13,22-24H,2,7-8,12,14-15H2,1H3. The van der Waals surface area contributed by atoms with Crippen LogP contribution in [0.25, 0.3) is 6.08 Å². The fourth-order valence-electron chi connectivity index (χ4n) is 3.95. The summed E-state index contributed by atoms with van der Waals surface area (Å²) in [7, 11) is 0. The molecule has 2 aromatic rings. The topological polar surface area (TPSA) is 20.2 Å². The Balaban J connectivity index is 1.41. The number of aryl methyl sites for hydroxylation is 3. The third kappa shape index (κ3) is 3.18. The minimum absolute atomic E-state index is 0.0609. The number of hydrogen-bond acceptors (Lipinski definition) is 1. The van der Waals surface area contributed by atoms with Crippen molar-refractivity contribution in [1.29, 1.82) is 0 Å². The summed E-state index contributed by atoms with van der Waals surface area (Å²) in [6.07, 6.45) is 8.64. The molecule has 0 spiro atoms. The summed E-state index contributed by atoms with van der Waals surface area (Å²) in [5.74, 6) is 0.618. The van der Waals surface area contributed by atoms with Crippen LogP contribution in [-0.4, -0.2) is 11.2 Å². The van der Waals surface area contributed by atoms with E-state index in [4.69, 9.17) is 0 Å². The predicted molar refractivity (Wildman–Crippen MR) is 100 cm³/mol. The highest BCUT2D eigenvalue weighted by Gasteiger charge is 2.31. The molecule has 2 aliphatic carbocycles. The summed E-state index contributed by atoms with van der Waals surface area (Å²) in [6, 6.07) is 16.0. The molecule has 0 bridgehead atoms. The van der Waals surface area contributed by atoms with Crippen molar-refractivity contribution in [3.05, 3.63) is 75.9 Å². The maximum Gasteiger partial charge on any atom is 0.0551 e. The second kappa shape index (κ2) is 6.57. The van der Waals surface area contributed by atoms with Crippen LogP contribution >= 0.6 is 0 Å². The lowest BCUT2D eigenvalue weighted by molar-refractivity contribution is 0.0580. The molecule has 0 radical (unpaired) electrons. The molecule has 4 rings (SSSR count). The Bertz CT molecular complexity index is 748. The number of allylic oxidation sites excluding steroid dienone is 1. The molecule has 0 saturated heterocycles. The Kier molecular flexibility index (Phi) is 4.28. The average Bonchev–Trinajstić information content (AvgIpc) is 3.00. The van der Waals surface area contributed by atoms with Gasteiger partial charge in [-0.3, -0.25) is 0 Å². The number of fused-ring (bicyclic) bond motifs is 1. The first-order chi connectivity index (χ1) is 11.7. The van der Waals surface area contributed by atoms with Crippen LogP contribution in [0.1, 0.15) is 47.6 Å². The smallest absolute Gasteiger partial charge is 0.0551 e. The van der Waals surface area contributed by atoms with Gasteiger partial charge in [0.05, 0.1) is 6.10 Å². The fourth-order valence-corrected chi connectivity index (χ4v) is 3.95. The molecule has 0 heterocycles. The van der Waals surface area contributed by atoms with Gasteiger partial charge in [-0.15, -0.1) is 0 Å². The maximum absolute atomic E-state index is 9.52. The van der Waals surface area contributed by atoms with Crippen molar-refractivity contribution in [1.82, 2.24) is 0 Å². The third-order valence-electron chi connectivity index (χ3n) is 5.72. The molecule has 0 atom stereocenters. The molecule has 1 heteroatoms. The van der Waals surface area contributed by atoms with Gasteiger partial charge in [-0.25, -0.2) is 0 Å². The Hall–Kier alpha value is -1.86. The van der Waals surface area contributed by atoms with Crippen LogP contribution in [0.2, 0.25) is 0 Å². The lowest BCUT2D eigenvalue weighted by atomic mass is 9.77. The van der Waals surface area contributed by atoms with Crippen LogP contribution < -0.4 is 0 Å². The second-order valence-corrected chi connectivity index (χ2v) is 7.42. The van der Waals surface area contributed by atoms with Crippen LogP contribution in [0.4, 0.5) is 0 Å². The summed E-state index contributed by atoms with van der Waals surface area (Å²) in [4.78, 5) is 0. The van der Waals surface area contributed by atoms with Crippen LogP contribution in [-0.2, 0) is 25.7 Å². The predicted octanol–water partition coefficient (Wildman–Crippen LogP) is 4.74. The van der Waals surface area contributed by atoms with E-state index in [1.54, 1.807) is 0 Å². The fraction of sp³-hybridized carbons (Fsp3) is 0.391. The quantitative estimate of drug-likeness (QED) is 0.844. The summed E-state index contributed by atoms with van der Waals surface area (Å²) in [6.45, 7) is 2.20. The van der Waals surface area contributed by atoms with Crippen LogP contribution in [0.3, 0.4) is 0 Å². The van der Waals surface area contributed by atoms with Gasteiger partial charge in [0.25, 0.3) is 0 Å². The molecule has 2 aromatic carbocycles. The molecule has 0 aliphatic heterocycles. The monoisotopic (exact) mass is 318 g/mol. The van der Waals surface area contributed by atoms with Gasteiger partial charge < -0.3 is 5.11 Å². The molecule has 1 fully saturated rings. The molecule has 0 unspecified atom stereocenters. The summed E-state index contributed by atoms with van der Waals surface area (Å²) < 4.78 is 0. The average molecular weight is 318 g/mol. The van der Waals surface area contributed by atoms with Gasteiger partial charge in [0.2, 0.25) is 0 Å². The number of rotatable bonds is 5. The van der Waals surface area contributed by atoms with Gasteiger partial charge in [-0.2, -0.15) is 0 Å². The molecule has 1 nitrogen and oxygen atoms in total. The van der Waals surface area contributed by atoms with E-state index in [0.717, 1.165) is 38.5 Å². The van der Waals surface area contributed by atoms with Gasteiger partial charge in [-0.1, -0.05) is 61.0 Å². The normalized spacial score (nSPS) is 22.0. The first-order valence-electron chi connectivity index (χ1n) is 9.29. The molecule has 1 N–H and O–H groups in total. The van der Waals surface area contributed by atoms with Gasteiger partial charge >= 0.3 is 0 Å². The highest BCUT2D eigenvalue weighted by molar-refractivity contribution is 5.65. The van der Waals surface area contributed by atoms with E-state index in [1.807, 2.05) is 0 Å². The minimum Gasteiger partial charge on any atom is -0.393 e. The van der Waals surface area contributed by atoms with E-state index in [-0.39, 0.29) is 6.10 Å². The molecule has 0 amide bonds. The van der Waals surface area contributed by atoms with Crippen LogP contribution in [0, 0.1) is 5.92 Å². The van der Waals surface area contributed by atoms with Crippen LogP contribution in [0.5, 0.6) is 0 Å². The maximum atomic E-state index is 9.52. The van der Waals surface area contributed by atoms with Gasteiger partial charge in [0, 0.05) is 0 Å². The Morgan fingerprint density at radius 3 is 2.29 bits per heavy atom. The van der Waals surface area contributed by atoms with E-state index >= 15 is 0 Å². The van der Waals surface area contributed by atoms with Crippen molar-refractivity contribution in [3.8, 4) is 0 Å². The highest BCUT2D eigenvalue weighted by Crippen LogP contribution is 2.40. The minimum atomic E-state index is -0.0609. The van der Waals surface area contributed by atoms with E-state index in [0.29, 0.717) is 5.92 Å². The number of hydrogen-bond donors (Lipinski definition) is 1. The first-order valence-corrected chi connectivity index (χ1v) is 9.29. The lowest BCUT2D eigenvalue weighted by Crippen LogP contribution is -2.29. The Morgan fingerprint density at radius 1 is 0.917 bits per heavy atom. The zero-order valence-electron chi connectivity index (χ0n) is 14.5. The SMILES string of the molecule is CCc1ccc(CCc2ccc3c(c2)C=C(C2CC(O)C2)C3)cc1. The summed E-state index contributed by atoms with van der Waals surface area (Å²) in [5.41, 5.74) is 8.66.